The molecule has 0 saturated heterocycles. The lowest BCUT2D eigenvalue weighted by atomic mass is 10.1. The van der Waals surface area contributed by atoms with Crippen LogP contribution >= 0.6 is 0 Å². The Labute approximate surface area is 177 Å². The Hall–Kier alpha value is -2.63. The van der Waals surface area contributed by atoms with Gasteiger partial charge in [0.1, 0.15) is 10.6 Å². The summed E-state index contributed by atoms with van der Waals surface area (Å²) < 4.78 is 56.9. The Kier molecular flexibility index (Phi) is 7.11. The normalized spacial score (nSPS) is 13.0. The smallest absolute Gasteiger partial charge is 0.251 e. The van der Waals surface area contributed by atoms with Crippen LogP contribution in [0.15, 0.2) is 47.4 Å². The Morgan fingerprint density at radius 3 is 2.27 bits per heavy atom. The van der Waals surface area contributed by atoms with E-state index in [0.29, 0.717) is 11.3 Å². The SMILES string of the molecule is COc1ccc(C(=O)NC(C)c2ccccc2NS(C)(=O)=O)cc1S(=O)(=O)N(C)C. The molecule has 0 spiro atoms. The molecule has 1 unspecified atom stereocenters. The van der Waals surface area contributed by atoms with Crippen LogP contribution in [0.2, 0.25) is 0 Å². The molecule has 0 aliphatic heterocycles. The highest BCUT2D eigenvalue weighted by Crippen LogP contribution is 2.28. The summed E-state index contributed by atoms with van der Waals surface area (Å²) in [7, 11) is -3.22. The lowest BCUT2D eigenvalue weighted by Gasteiger charge is -2.19. The van der Waals surface area contributed by atoms with Crippen molar-refractivity contribution in [1.82, 2.24) is 9.62 Å². The summed E-state index contributed by atoms with van der Waals surface area (Å²) in [5.41, 5.74) is 1.03. The van der Waals surface area contributed by atoms with Gasteiger partial charge in [-0.15, -0.1) is 0 Å². The minimum absolute atomic E-state index is 0.121. The second-order valence-corrected chi connectivity index (χ2v) is 10.7. The highest BCUT2D eigenvalue weighted by atomic mass is 32.2. The third-order valence-electron chi connectivity index (χ3n) is 4.25. The number of nitrogens with one attached hydrogen (secondary N) is 2. The van der Waals surface area contributed by atoms with Crippen LogP contribution in [0, 0.1) is 0 Å². The van der Waals surface area contributed by atoms with Gasteiger partial charge < -0.3 is 10.1 Å². The average molecular weight is 456 g/mol. The van der Waals surface area contributed by atoms with Gasteiger partial charge >= 0.3 is 0 Å². The van der Waals surface area contributed by atoms with Gasteiger partial charge in [0.05, 0.1) is 25.1 Å². The van der Waals surface area contributed by atoms with E-state index in [9.17, 15) is 21.6 Å². The zero-order valence-corrected chi connectivity index (χ0v) is 19.0. The zero-order chi connectivity index (χ0) is 22.7. The van der Waals surface area contributed by atoms with E-state index in [1.54, 1.807) is 31.2 Å². The van der Waals surface area contributed by atoms with Crippen molar-refractivity contribution in [3.8, 4) is 5.75 Å². The second kappa shape index (κ2) is 9.02. The van der Waals surface area contributed by atoms with Crippen molar-refractivity contribution in [3.05, 3.63) is 53.6 Å². The first-order chi connectivity index (χ1) is 13.9. The Morgan fingerprint density at radius 2 is 1.70 bits per heavy atom. The minimum Gasteiger partial charge on any atom is -0.495 e. The van der Waals surface area contributed by atoms with Crippen LogP contribution in [0.5, 0.6) is 5.75 Å². The van der Waals surface area contributed by atoms with Crippen molar-refractivity contribution in [3.63, 3.8) is 0 Å². The van der Waals surface area contributed by atoms with E-state index in [1.165, 1.54) is 39.4 Å². The van der Waals surface area contributed by atoms with E-state index in [2.05, 4.69) is 10.0 Å². The van der Waals surface area contributed by atoms with Gasteiger partial charge in [-0.1, -0.05) is 18.2 Å². The molecule has 0 heterocycles. The molecular formula is C19H25N3O6S2. The van der Waals surface area contributed by atoms with E-state index in [0.717, 1.165) is 10.6 Å². The predicted octanol–water partition coefficient (Wildman–Crippen LogP) is 1.81. The summed E-state index contributed by atoms with van der Waals surface area (Å²) in [5.74, 6) is -0.398. The van der Waals surface area contributed by atoms with Crippen molar-refractivity contribution >= 4 is 31.6 Å². The van der Waals surface area contributed by atoms with Crippen LogP contribution in [0.25, 0.3) is 0 Å². The van der Waals surface area contributed by atoms with E-state index in [-0.39, 0.29) is 16.2 Å². The number of para-hydroxylation sites is 1. The summed E-state index contributed by atoms with van der Waals surface area (Å²) in [6.45, 7) is 1.70. The molecule has 2 N–H and O–H groups in total. The van der Waals surface area contributed by atoms with Crippen LogP contribution in [0.3, 0.4) is 0 Å². The first kappa shape index (κ1) is 23.6. The van der Waals surface area contributed by atoms with Crippen LogP contribution in [0.4, 0.5) is 5.69 Å². The molecule has 1 atom stereocenters. The number of benzene rings is 2. The molecular weight excluding hydrogens is 430 g/mol. The number of nitrogens with zero attached hydrogens (tertiary/aromatic N) is 1. The Balaban J connectivity index is 2.35. The minimum atomic E-state index is -3.83. The number of carbonyl (C=O) groups is 1. The number of hydrogen-bond acceptors (Lipinski definition) is 6. The molecule has 30 heavy (non-hydrogen) atoms. The van der Waals surface area contributed by atoms with E-state index < -0.39 is 32.0 Å². The van der Waals surface area contributed by atoms with Crippen molar-refractivity contribution in [2.45, 2.75) is 17.9 Å². The number of amides is 1. The maximum atomic E-state index is 12.8. The third-order valence-corrected chi connectivity index (χ3v) is 6.68. The van der Waals surface area contributed by atoms with Gasteiger partial charge in [0.25, 0.3) is 5.91 Å². The number of anilines is 1. The lowest BCUT2D eigenvalue weighted by molar-refractivity contribution is 0.0939. The predicted molar refractivity (Wildman–Crippen MR) is 115 cm³/mol. The molecule has 11 heteroatoms. The van der Waals surface area contributed by atoms with Gasteiger partial charge in [0, 0.05) is 19.7 Å². The Bertz CT molecular complexity index is 1140. The standard InChI is InChI=1S/C19H25N3O6S2/c1-13(15-8-6-7-9-16(15)21-29(5,24)25)20-19(23)14-10-11-17(28-4)18(12-14)30(26,27)22(2)3/h6-13,21H,1-5H3,(H,20,23). The maximum absolute atomic E-state index is 12.8. The lowest BCUT2D eigenvalue weighted by Crippen LogP contribution is -2.28. The van der Waals surface area contributed by atoms with Crippen molar-refractivity contribution in [2.24, 2.45) is 0 Å². The van der Waals surface area contributed by atoms with E-state index >= 15 is 0 Å². The van der Waals surface area contributed by atoms with E-state index in [1.807, 2.05) is 0 Å². The molecule has 0 bridgehead atoms. The fourth-order valence-electron chi connectivity index (χ4n) is 2.74. The quantitative estimate of drug-likeness (QED) is 0.626. The first-order valence-corrected chi connectivity index (χ1v) is 12.2. The Morgan fingerprint density at radius 1 is 1.07 bits per heavy atom. The topological polar surface area (TPSA) is 122 Å². The maximum Gasteiger partial charge on any atom is 0.251 e. The molecule has 164 valence electrons. The fraction of sp³-hybridized carbons (Fsp3) is 0.316. The van der Waals surface area contributed by atoms with Crippen LogP contribution in [-0.2, 0) is 20.0 Å². The number of methoxy groups -OCH3 is 1. The average Bonchev–Trinajstić information content (AvgIpc) is 2.66. The molecule has 9 nitrogen and oxygen atoms in total. The largest absolute Gasteiger partial charge is 0.495 e. The van der Waals surface area contributed by atoms with Crippen LogP contribution in [-0.4, -0.2) is 54.5 Å². The zero-order valence-electron chi connectivity index (χ0n) is 17.3. The highest BCUT2D eigenvalue weighted by molar-refractivity contribution is 7.92. The number of hydrogen-bond donors (Lipinski definition) is 2. The number of sulfonamides is 2. The summed E-state index contributed by atoms with van der Waals surface area (Å²) in [6, 6.07) is 10.2. The second-order valence-electron chi connectivity index (χ2n) is 6.81. The number of carbonyl (C=O) groups excluding carboxylic acids is 1. The molecule has 0 aliphatic carbocycles. The van der Waals surface area contributed by atoms with Gasteiger partial charge in [0.2, 0.25) is 20.0 Å². The molecule has 1 amide bonds. The first-order valence-electron chi connectivity index (χ1n) is 8.85. The summed E-state index contributed by atoms with van der Waals surface area (Å²) in [5, 5.41) is 2.76. The summed E-state index contributed by atoms with van der Waals surface area (Å²) >= 11 is 0. The van der Waals surface area contributed by atoms with Crippen LogP contribution in [0.1, 0.15) is 28.9 Å². The molecule has 0 aliphatic rings. The highest BCUT2D eigenvalue weighted by Gasteiger charge is 2.24. The number of rotatable bonds is 8. The van der Waals surface area contributed by atoms with Gasteiger partial charge in [0.15, 0.2) is 0 Å². The summed E-state index contributed by atoms with van der Waals surface area (Å²) in [6.07, 6.45) is 1.04. The summed E-state index contributed by atoms with van der Waals surface area (Å²) in [4.78, 5) is 12.6. The fourth-order valence-corrected chi connectivity index (χ4v) is 4.40. The van der Waals surface area contributed by atoms with Crippen LogP contribution < -0.4 is 14.8 Å². The van der Waals surface area contributed by atoms with E-state index in [4.69, 9.17) is 4.74 Å². The van der Waals surface area contributed by atoms with Crippen molar-refractivity contribution < 1.29 is 26.4 Å². The molecule has 0 fully saturated rings. The molecule has 0 radical (unpaired) electrons. The number of ether oxygens (including phenoxy) is 1. The van der Waals surface area contributed by atoms with Crippen molar-refractivity contribution in [1.29, 1.82) is 0 Å². The monoisotopic (exact) mass is 455 g/mol. The van der Waals surface area contributed by atoms with Gasteiger partial charge in [-0.05, 0) is 36.8 Å². The molecule has 2 rings (SSSR count). The van der Waals surface area contributed by atoms with Gasteiger partial charge in [-0.2, -0.15) is 0 Å². The van der Waals surface area contributed by atoms with Gasteiger partial charge in [-0.3, -0.25) is 9.52 Å². The molecule has 0 aromatic heterocycles. The molecule has 2 aromatic rings. The van der Waals surface area contributed by atoms with Crippen molar-refractivity contribution in [2.75, 3.05) is 32.2 Å². The molecule has 0 saturated carbocycles. The van der Waals surface area contributed by atoms with Gasteiger partial charge in [-0.25, -0.2) is 21.1 Å². The third kappa shape index (κ3) is 5.49. The molecule has 2 aromatic carbocycles.